The van der Waals surface area contributed by atoms with Gasteiger partial charge in [0.15, 0.2) is 11.6 Å². The van der Waals surface area contributed by atoms with Crippen molar-refractivity contribution in [1.82, 2.24) is 5.32 Å². The fraction of sp³-hybridized carbons (Fsp3) is 0.318. The molecule has 0 heterocycles. The van der Waals surface area contributed by atoms with Crippen LogP contribution in [0.25, 0.3) is 0 Å². The Morgan fingerprint density at radius 3 is 2.33 bits per heavy atom. The van der Waals surface area contributed by atoms with Gasteiger partial charge in [-0.25, -0.2) is 0 Å². The minimum atomic E-state index is -0.553. The molecule has 2 rings (SSSR count). The molecule has 7 nitrogen and oxygen atoms in total. The van der Waals surface area contributed by atoms with E-state index in [0.717, 1.165) is 5.56 Å². The Morgan fingerprint density at radius 2 is 1.80 bits per heavy atom. The van der Waals surface area contributed by atoms with E-state index in [4.69, 9.17) is 27.3 Å². The fourth-order valence-corrected chi connectivity index (χ4v) is 3.21. The van der Waals surface area contributed by atoms with Gasteiger partial charge < -0.3 is 21.0 Å². The molecule has 0 bridgehead atoms. The van der Waals surface area contributed by atoms with E-state index in [1.54, 1.807) is 42.5 Å². The second-order valence-electron chi connectivity index (χ2n) is 7.14. The maximum atomic E-state index is 12.8. The van der Waals surface area contributed by atoms with Crippen molar-refractivity contribution in [3.05, 3.63) is 64.2 Å². The highest BCUT2D eigenvalue weighted by atomic mass is 35.5. The zero-order chi connectivity index (χ0) is 22.3. The zero-order valence-corrected chi connectivity index (χ0v) is 17.9. The van der Waals surface area contributed by atoms with Crippen LogP contribution in [0.5, 0.6) is 5.75 Å². The van der Waals surface area contributed by atoms with Gasteiger partial charge in [-0.1, -0.05) is 41.0 Å². The maximum Gasteiger partial charge on any atom is 0.223 e. The van der Waals surface area contributed by atoms with Gasteiger partial charge in [0, 0.05) is 30.5 Å². The first kappa shape index (κ1) is 23.2. The average molecular weight is 432 g/mol. The summed E-state index contributed by atoms with van der Waals surface area (Å²) in [6.07, 6.45) is 0.360. The lowest BCUT2D eigenvalue weighted by atomic mass is 9.91. The van der Waals surface area contributed by atoms with Crippen LogP contribution in [0.15, 0.2) is 47.6 Å². The number of carbonyl (C=O) groups excluding carboxylic acids is 2. The number of nitrogens with one attached hydrogen (secondary N) is 1. The van der Waals surface area contributed by atoms with E-state index in [1.807, 2.05) is 13.8 Å². The van der Waals surface area contributed by atoms with Crippen LogP contribution in [0.4, 0.5) is 0 Å². The third kappa shape index (κ3) is 6.22. The average Bonchev–Trinajstić information content (AvgIpc) is 2.73. The van der Waals surface area contributed by atoms with Crippen LogP contribution in [0.1, 0.15) is 41.8 Å². The van der Waals surface area contributed by atoms with E-state index >= 15 is 0 Å². The number of hydrogen-bond acceptors (Lipinski definition) is 5. The third-order valence-corrected chi connectivity index (χ3v) is 4.80. The minimum absolute atomic E-state index is 0.00125. The molecule has 0 aliphatic rings. The molecule has 0 fully saturated rings. The number of amides is 1. The summed E-state index contributed by atoms with van der Waals surface area (Å²) in [5, 5.41) is 14.7. The van der Waals surface area contributed by atoms with Gasteiger partial charge in [0.1, 0.15) is 5.75 Å². The highest BCUT2D eigenvalue weighted by molar-refractivity contribution is 6.32. The number of Topliss-reactive ketones (excluding diaryl/α,β-unsaturated/α-hetero) is 1. The predicted molar refractivity (Wildman–Crippen MR) is 116 cm³/mol. The number of halogens is 1. The van der Waals surface area contributed by atoms with Crippen LogP contribution in [-0.2, 0) is 11.2 Å². The fourth-order valence-electron chi connectivity index (χ4n) is 2.98. The Kier molecular flexibility index (Phi) is 8.24. The van der Waals surface area contributed by atoms with Gasteiger partial charge >= 0.3 is 0 Å². The Bertz CT molecular complexity index is 926. The Hall–Kier alpha value is -3.06. The number of oxime groups is 1. The molecule has 30 heavy (non-hydrogen) atoms. The topological polar surface area (TPSA) is 114 Å². The number of nitrogens with zero attached hydrogens (tertiary/aromatic N) is 1. The molecule has 8 heteroatoms. The first-order valence-electron chi connectivity index (χ1n) is 9.53. The maximum absolute atomic E-state index is 12.8. The van der Waals surface area contributed by atoms with Crippen molar-refractivity contribution >= 4 is 29.1 Å². The molecule has 0 spiro atoms. The largest absolute Gasteiger partial charge is 0.489 e. The number of benzene rings is 2. The Labute approximate surface area is 180 Å². The summed E-state index contributed by atoms with van der Waals surface area (Å²) in [6, 6.07) is 11.8. The summed E-state index contributed by atoms with van der Waals surface area (Å²) in [7, 11) is 1.54. The Balaban J connectivity index is 2.15. The van der Waals surface area contributed by atoms with Gasteiger partial charge in [0.2, 0.25) is 5.91 Å². The highest BCUT2D eigenvalue weighted by Gasteiger charge is 2.23. The first-order chi connectivity index (χ1) is 14.2. The summed E-state index contributed by atoms with van der Waals surface area (Å²) >= 11 is 6.23. The van der Waals surface area contributed by atoms with Crippen LogP contribution in [0.2, 0.25) is 5.02 Å². The number of rotatable bonds is 9. The quantitative estimate of drug-likeness (QED) is 0.185. The second-order valence-corrected chi connectivity index (χ2v) is 7.54. The summed E-state index contributed by atoms with van der Waals surface area (Å²) in [6.45, 7) is 3.78. The van der Waals surface area contributed by atoms with Gasteiger partial charge in [-0.3, -0.25) is 9.59 Å². The molecule has 2 aromatic rings. The molecule has 2 aromatic carbocycles. The van der Waals surface area contributed by atoms with Gasteiger partial charge in [-0.15, -0.1) is 0 Å². The Morgan fingerprint density at radius 1 is 1.17 bits per heavy atom. The van der Waals surface area contributed by atoms with Crippen molar-refractivity contribution in [3.63, 3.8) is 0 Å². The van der Waals surface area contributed by atoms with Crippen molar-refractivity contribution in [2.45, 2.75) is 32.8 Å². The predicted octanol–water partition coefficient (Wildman–Crippen LogP) is 3.40. The van der Waals surface area contributed by atoms with Crippen LogP contribution >= 0.6 is 11.6 Å². The molecule has 1 amide bonds. The molecule has 4 N–H and O–H groups in total. The van der Waals surface area contributed by atoms with E-state index < -0.39 is 5.92 Å². The number of amidine groups is 1. The lowest BCUT2D eigenvalue weighted by molar-refractivity contribution is -0.124. The number of hydrogen-bond donors (Lipinski definition) is 3. The van der Waals surface area contributed by atoms with Crippen LogP contribution in [-0.4, -0.2) is 35.9 Å². The van der Waals surface area contributed by atoms with Crippen molar-refractivity contribution in [3.8, 4) is 5.75 Å². The molecular formula is C22H26ClN3O4. The molecule has 0 unspecified atom stereocenters. The molecule has 0 aliphatic heterocycles. The lowest BCUT2D eigenvalue weighted by Crippen LogP contribution is -2.30. The van der Waals surface area contributed by atoms with Gasteiger partial charge in [-0.05, 0) is 44.0 Å². The van der Waals surface area contributed by atoms with Crippen molar-refractivity contribution < 1.29 is 19.5 Å². The summed E-state index contributed by atoms with van der Waals surface area (Å²) in [5.41, 5.74) is 7.40. The van der Waals surface area contributed by atoms with Crippen molar-refractivity contribution in [2.24, 2.45) is 16.8 Å². The van der Waals surface area contributed by atoms with Crippen LogP contribution < -0.4 is 15.8 Å². The number of carbonyl (C=O) groups is 2. The highest BCUT2D eigenvalue weighted by Crippen LogP contribution is 2.27. The molecule has 0 aromatic heterocycles. The van der Waals surface area contributed by atoms with Gasteiger partial charge in [0.05, 0.1) is 11.1 Å². The minimum Gasteiger partial charge on any atom is -0.489 e. The molecule has 0 radical (unpaired) electrons. The lowest BCUT2D eigenvalue weighted by Gasteiger charge is -2.16. The molecule has 0 aliphatic carbocycles. The number of ketones is 1. The second kappa shape index (κ2) is 10.6. The smallest absolute Gasteiger partial charge is 0.223 e. The van der Waals surface area contributed by atoms with Gasteiger partial charge in [0.25, 0.3) is 0 Å². The summed E-state index contributed by atoms with van der Waals surface area (Å²) < 4.78 is 5.59. The molecule has 0 saturated carbocycles. The van der Waals surface area contributed by atoms with E-state index in [2.05, 4.69) is 10.5 Å². The number of ether oxygens (including phenoxy) is 1. The third-order valence-electron chi connectivity index (χ3n) is 4.51. The normalized spacial score (nSPS) is 12.5. The standard InChI is InChI=1S/C22H26ClN3O4/c1-13(2)30-20-9-8-16(11-18(20)23)19(27)12-17(22(28)25-3)10-14-4-6-15(7-5-14)21(24)26-29/h4-9,11,13,17,29H,10,12H2,1-3H3,(H2,24,26)(H,25,28)/t17-/m1/s1. The molecule has 160 valence electrons. The van der Waals surface area contributed by atoms with Crippen molar-refractivity contribution in [2.75, 3.05) is 7.05 Å². The molecule has 0 saturated heterocycles. The summed E-state index contributed by atoms with van der Waals surface area (Å²) in [5.74, 6) is -0.453. The van der Waals surface area contributed by atoms with E-state index in [0.29, 0.717) is 28.3 Å². The van der Waals surface area contributed by atoms with E-state index in [1.165, 1.54) is 7.05 Å². The zero-order valence-electron chi connectivity index (χ0n) is 17.2. The van der Waals surface area contributed by atoms with E-state index in [-0.39, 0.29) is 30.1 Å². The van der Waals surface area contributed by atoms with Crippen LogP contribution in [0, 0.1) is 5.92 Å². The summed E-state index contributed by atoms with van der Waals surface area (Å²) in [4.78, 5) is 25.2. The molecular weight excluding hydrogens is 406 g/mol. The van der Waals surface area contributed by atoms with E-state index in [9.17, 15) is 9.59 Å². The van der Waals surface area contributed by atoms with Gasteiger partial charge in [-0.2, -0.15) is 0 Å². The monoisotopic (exact) mass is 431 g/mol. The first-order valence-corrected chi connectivity index (χ1v) is 9.90. The SMILES string of the molecule is CNC(=O)[C@@H](CC(=O)c1ccc(OC(C)C)c(Cl)c1)Cc1ccc(/C(N)=N/O)cc1. The van der Waals surface area contributed by atoms with Crippen LogP contribution in [0.3, 0.4) is 0 Å². The van der Waals surface area contributed by atoms with Crippen molar-refractivity contribution in [1.29, 1.82) is 0 Å². The molecule has 1 atom stereocenters. The number of nitrogens with two attached hydrogens (primary N) is 1.